The number of aryl methyl sites for hydroxylation is 1. The van der Waals surface area contributed by atoms with Crippen molar-refractivity contribution in [2.24, 2.45) is 18.9 Å². The first-order valence-corrected chi connectivity index (χ1v) is 15.9. The molecule has 1 N–H and O–H groups in total. The van der Waals surface area contributed by atoms with Crippen LogP contribution in [0.1, 0.15) is 32.6 Å². The van der Waals surface area contributed by atoms with Crippen LogP contribution in [0.25, 0.3) is 22.3 Å². The fourth-order valence-corrected chi connectivity index (χ4v) is 6.24. The lowest BCUT2D eigenvalue weighted by Crippen LogP contribution is -2.47. The molecule has 3 aromatic heterocycles. The SMILES string of the molecule is COc1ncc(-c2cc(OC[C@@H]3CCCN(C(=O)C4CCN(C(C)=O)CC4)C3)c3cnn(C)c3n2)cc1NS(C)(=O)=O. The Bertz CT molecular complexity index is 1580. The van der Waals surface area contributed by atoms with E-state index < -0.39 is 10.0 Å². The molecule has 0 aliphatic carbocycles. The van der Waals surface area contributed by atoms with Crippen molar-refractivity contribution in [3.8, 4) is 22.9 Å². The topological polar surface area (TPSA) is 149 Å². The van der Waals surface area contributed by atoms with Gasteiger partial charge in [-0.05, 0) is 31.7 Å². The molecule has 2 aliphatic rings. The van der Waals surface area contributed by atoms with Crippen molar-refractivity contribution in [3.63, 3.8) is 0 Å². The lowest BCUT2D eigenvalue weighted by molar-refractivity contribution is -0.141. The predicted molar refractivity (Wildman–Crippen MR) is 157 cm³/mol. The summed E-state index contributed by atoms with van der Waals surface area (Å²) in [5.41, 5.74) is 1.91. The highest BCUT2D eigenvalue weighted by Gasteiger charge is 2.32. The second kappa shape index (κ2) is 12.1. The number of sulfonamides is 1. The van der Waals surface area contributed by atoms with E-state index in [2.05, 4.69) is 14.8 Å². The number of amides is 2. The van der Waals surface area contributed by atoms with Crippen molar-refractivity contribution in [3.05, 3.63) is 24.5 Å². The van der Waals surface area contributed by atoms with Crippen LogP contribution < -0.4 is 14.2 Å². The van der Waals surface area contributed by atoms with Gasteiger partial charge in [-0.2, -0.15) is 5.10 Å². The van der Waals surface area contributed by atoms with E-state index in [-0.39, 0.29) is 35.2 Å². The van der Waals surface area contributed by atoms with Gasteiger partial charge >= 0.3 is 0 Å². The number of carbonyl (C=O) groups excluding carboxylic acids is 2. The number of methoxy groups -OCH3 is 1. The van der Waals surface area contributed by atoms with E-state index in [0.717, 1.165) is 31.0 Å². The molecule has 1 atom stereocenters. The number of hydrogen-bond donors (Lipinski definition) is 1. The summed E-state index contributed by atoms with van der Waals surface area (Å²) in [5.74, 6) is 1.09. The number of rotatable bonds is 8. The van der Waals surface area contributed by atoms with E-state index >= 15 is 0 Å². The summed E-state index contributed by atoms with van der Waals surface area (Å²) < 4.78 is 39.5. The monoisotopic (exact) mass is 599 g/mol. The van der Waals surface area contributed by atoms with Crippen LogP contribution in [0.2, 0.25) is 0 Å². The van der Waals surface area contributed by atoms with Gasteiger partial charge in [-0.25, -0.2) is 18.4 Å². The highest BCUT2D eigenvalue weighted by molar-refractivity contribution is 7.92. The van der Waals surface area contributed by atoms with Gasteiger partial charge < -0.3 is 19.3 Å². The quantitative estimate of drug-likeness (QED) is 0.412. The van der Waals surface area contributed by atoms with Crippen molar-refractivity contribution in [2.75, 3.05) is 50.9 Å². The molecule has 2 aliphatic heterocycles. The van der Waals surface area contributed by atoms with E-state index in [9.17, 15) is 18.0 Å². The number of nitrogens with zero attached hydrogens (tertiary/aromatic N) is 6. The van der Waals surface area contributed by atoms with Crippen LogP contribution in [0.5, 0.6) is 11.6 Å². The molecule has 14 heteroatoms. The van der Waals surface area contributed by atoms with Gasteiger partial charge in [0.15, 0.2) is 5.65 Å². The lowest BCUT2D eigenvalue weighted by Gasteiger charge is -2.37. The summed E-state index contributed by atoms with van der Waals surface area (Å²) >= 11 is 0. The van der Waals surface area contributed by atoms with Gasteiger partial charge in [0.1, 0.15) is 11.4 Å². The third kappa shape index (κ3) is 6.58. The minimum atomic E-state index is -3.57. The first kappa shape index (κ1) is 29.5. The standard InChI is InChI=1S/C28H37N7O6S/c1-18(36)34-10-7-20(8-11-34)28(37)35-9-5-6-19(16-35)17-41-25-13-23(31-26-22(25)15-30-33(26)2)21-12-24(32-42(4,38)39)27(40-3)29-14-21/h12-15,19-20,32H,5-11,16-17H2,1-4H3/t19-/m1/s1. The lowest BCUT2D eigenvalue weighted by atomic mass is 9.92. The minimum Gasteiger partial charge on any atom is -0.492 e. The number of aromatic nitrogens is 4. The maximum atomic E-state index is 13.3. The number of ether oxygens (including phenoxy) is 2. The van der Waals surface area contributed by atoms with E-state index in [1.54, 1.807) is 43.2 Å². The third-order valence-corrected chi connectivity index (χ3v) is 8.49. The number of likely N-dealkylation sites (tertiary alicyclic amines) is 2. The first-order valence-electron chi connectivity index (χ1n) is 14.0. The van der Waals surface area contributed by atoms with Gasteiger partial charge in [0.2, 0.25) is 27.7 Å². The Morgan fingerprint density at radius 3 is 2.55 bits per heavy atom. The van der Waals surface area contributed by atoms with Crippen molar-refractivity contribution in [1.29, 1.82) is 0 Å². The molecule has 226 valence electrons. The number of hydrogen-bond acceptors (Lipinski definition) is 9. The van der Waals surface area contributed by atoms with E-state index in [1.165, 1.54) is 7.11 Å². The molecule has 3 aromatic rings. The fraction of sp³-hybridized carbons (Fsp3) is 0.536. The van der Waals surface area contributed by atoms with Gasteiger partial charge in [-0.3, -0.25) is 19.0 Å². The number of carbonyl (C=O) groups is 2. The number of fused-ring (bicyclic) bond motifs is 1. The molecule has 0 saturated carbocycles. The summed E-state index contributed by atoms with van der Waals surface area (Å²) in [7, 11) is -0.363. The minimum absolute atomic E-state index is 0.0433. The number of anilines is 1. The third-order valence-electron chi connectivity index (χ3n) is 7.90. The molecule has 0 spiro atoms. The van der Waals surface area contributed by atoms with E-state index in [0.29, 0.717) is 61.7 Å². The highest BCUT2D eigenvalue weighted by atomic mass is 32.2. The Labute approximate surface area is 245 Å². The van der Waals surface area contributed by atoms with Crippen LogP contribution in [-0.2, 0) is 26.7 Å². The van der Waals surface area contributed by atoms with E-state index in [1.807, 2.05) is 9.80 Å². The number of nitrogens with one attached hydrogen (secondary N) is 1. The molecule has 2 fully saturated rings. The summed E-state index contributed by atoms with van der Waals surface area (Å²) in [6.45, 7) is 4.62. The van der Waals surface area contributed by atoms with Crippen LogP contribution in [0.3, 0.4) is 0 Å². The van der Waals surface area contributed by atoms with Crippen LogP contribution in [0.4, 0.5) is 5.69 Å². The van der Waals surface area contributed by atoms with Crippen molar-refractivity contribution >= 4 is 38.6 Å². The molecule has 2 amide bonds. The maximum Gasteiger partial charge on any atom is 0.238 e. The second-order valence-electron chi connectivity index (χ2n) is 11.0. The number of piperidine rings is 2. The zero-order valence-corrected chi connectivity index (χ0v) is 25.2. The van der Waals surface area contributed by atoms with Crippen LogP contribution in [-0.4, -0.2) is 95.9 Å². The van der Waals surface area contributed by atoms with Crippen molar-refractivity contribution in [1.82, 2.24) is 29.5 Å². The average Bonchev–Trinajstić information content (AvgIpc) is 3.35. The molecular weight excluding hydrogens is 562 g/mol. The smallest absolute Gasteiger partial charge is 0.238 e. The maximum absolute atomic E-state index is 13.3. The Kier molecular flexibility index (Phi) is 8.53. The molecule has 5 heterocycles. The fourth-order valence-electron chi connectivity index (χ4n) is 5.69. The normalized spacial score (nSPS) is 18.2. The Morgan fingerprint density at radius 1 is 1.10 bits per heavy atom. The Morgan fingerprint density at radius 2 is 1.86 bits per heavy atom. The van der Waals surface area contributed by atoms with Gasteiger partial charge in [0, 0.05) is 69.8 Å². The molecule has 13 nitrogen and oxygen atoms in total. The van der Waals surface area contributed by atoms with Crippen LogP contribution in [0, 0.1) is 11.8 Å². The molecule has 42 heavy (non-hydrogen) atoms. The summed E-state index contributed by atoms with van der Waals surface area (Å²) in [6, 6.07) is 3.42. The van der Waals surface area contributed by atoms with Gasteiger partial charge in [-0.1, -0.05) is 0 Å². The van der Waals surface area contributed by atoms with Crippen LogP contribution >= 0.6 is 0 Å². The molecule has 0 aromatic carbocycles. The van der Waals surface area contributed by atoms with Gasteiger partial charge in [0.05, 0.1) is 37.2 Å². The first-order chi connectivity index (χ1) is 20.0. The molecule has 2 saturated heterocycles. The molecule has 0 bridgehead atoms. The highest BCUT2D eigenvalue weighted by Crippen LogP contribution is 2.34. The largest absolute Gasteiger partial charge is 0.492 e. The molecule has 5 rings (SSSR count). The summed E-state index contributed by atoms with van der Waals surface area (Å²) in [5, 5.41) is 5.10. The van der Waals surface area contributed by atoms with Gasteiger partial charge in [0.25, 0.3) is 0 Å². The van der Waals surface area contributed by atoms with Crippen LogP contribution in [0.15, 0.2) is 24.5 Å². The second-order valence-corrected chi connectivity index (χ2v) is 12.8. The van der Waals surface area contributed by atoms with E-state index in [4.69, 9.17) is 14.5 Å². The molecule has 0 radical (unpaired) electrons. The van der Waals surface area contributed by atoms with Crippen molar-refractivity contribution in [2.45, 2.75) is 32.6 Å². The zero-order valence-electron chi connectivity index (χ0n) is 24.4. The summed E-state index contributed by atoms with van der Waals surface area (Å²) in [6.07, 6.45) is 7.59. The molecule has 0 unspecified atom stereocenters. The zero-order chi connectivity index (χ0) is 30.0. The molecular formula is C28H37N7O6S. The summed E-state index contributed by atoms with van der Waals surface area (Å²) in [4.78, 5) is 37.7. The Hall–Kier alpha value is -3.94. The Balaban J connectivity index is 1.32. The predicted octanol–water partition coefficient (Wildman–Crippen LogP) is 2.29. The number of pyridine rings is 2. The van der Waals surface area contributed by atoms with Crippen molar-refractivity contribution < 1.29 is 27.5 Å². The van der Waals surface area contributed by atoms with Gasteiger partial charge in [-0.15, -0.1) is 0 Å². The average molecular weight is 600 g/mol.